The summed E-state index contributed by atoms with van der Waals surface area (Å²) >= 11 is 0. The zero-order chi connectivity index (χ0) is 17.5. The lowest BCUT2D eigenvalue weighted by molar-refractivity contribution is 0.231. The highest BCUT2D eigenvalue weighted by Gasteiger charge is 2.25. The summed E-state index contributed by atoms with van der Waals surface area (Å²) in [7, 11) is 0. The molecule has 136 valence electrons. The van der Waals surface area contributed by atoms with Crippen molar-refractivity contribution in [2.24, 2.45) is 5.92 Å². The van der Waals surface area contributed by atoms with Gasteiger partial charge in [-0.15, -0.1) is 0 Å². The Bertz CT molecular complexity index is 594. The van der Waals surface area contributed by atoms with E-state index in [-0.39, 0.29) is 0 Å². The van der Waals surface area contributed by atoms with Gasteiger partial charge in [0.05, 0.1) is 6.54 Å². The molecule has 1 aliphatic heterocycles. The van der Waals surface area contributed by atoms with E-state index in [1.807, 2.05) is 16.9 Å². The largest absolute Gasteiger partial charge is 0.310 e. The summed E-state index contributed by atoms with van der Waals surface area (Å²) in [6.45, 7) is 9.03. The molecule has 2 atom stereocenters. The molecule has 4 heteroatoms. The second-order valence-electron chi connectivity index (χ2n) is 7.55. The number of likely N-dealkylation sites (tertiary alicyclic amines) is 1. The molecule has 2 aromatic rings. The average Bonchev–Trinajstić information content (AvgIpc) is 3.29. The molecular weight excluding hydrogens is 308 g/mol. The van der Waals surface area contributed by atoms with Gasteiger partial charge >= 0.3 is 0 Å². The van der Waals surface area contributed by atoms with Crippen molar-refractivity contribution in [2.45, 2.75) is 51.7 Å². The van der Waals surface area contributed by atoms with Crippen LogP contribution in [0.3, 0.4) is 0 Å². The van der Waals surface area contributed by atoms with Crippen LogP contribution in [-0.4, -0.2) is 46.4 Å². The number of nitrogens with zero attached hydrogens (tertiary/aromatic N) is 3. The second-order valence-corrected chi connectivity index (χ2v) is 7.55. The highest BCUT2D eigenvalue weighted by Crippen LogP contribution is 2.18. The standard InChI is InChI=1S/C21H32N4/c1-18(2)21(17-25-14-7-12-23-25)22-16-20-10-6-13-24(20)15-11-19-8-4-3-5-9-19/h3-5,7-9,12,14,18,20-22H,6,10-11,13,15-17H2,1-2H3/t20-,21-/m0/s1. The summed E-state index contributed by atoms with van der Waals surface area (Å²) in [5.74, 6) is 0.600. The molecule has 0 aliphatic carbocycles. The molecule has 0 bridgehead atoms. The Morgan fingerprint density at radius 2 is 2.04 bits per heavy atom. The average molecular weight is 341 g/mol. The molecule has 1 fully saturated rings. The first-order valence-electron chi connectivity index (χ1n) is 9.71. The predicted molar refractivity (Wildman–Crippen MR) is 104 cm³/mol. The maximum Gasteiger partial charge on any atom is 0.0565 e. The van der Waals surface area contributed by atoms with Crippen LogP contribution in [0.25, 0.3) is 0 Å². The van der Waals surface area contributed by atoms with Crippen LogP contribution >= 0.6 is 0 Å². The Morgan fingerprint density at radius 3 is 2.76 bits per heavy atom. The minimum absolute atomic E-state index is 0.469. The topological polar surface area (TPSA) is 33.1 Å². The Balaban J connectivity index is 1.48. The fraction of sp³-hybridized carbons (Fsp3) is 0.571. The van der Waals surface area contributed by atoms with Gasteiger partial charge in [-0.3, -0.25) is 9.58 Å². The Kier molecular flexibility index (Phi) is 6.65. The van der Waals surface area contributed by atoms with Crippen LogP contribution in [0, 0.1) is 5.92 Å². The van der Waals surface area contributed by atoms with Gasteiger partial charge < -0.3 is 5.32 Å². The first kappa shape index (κ1) is 18.2. The molecule has 3 rings (SSSR count). The molecule has 4 nitrogen and oxygen atoms in total. The maximum absolute atomic E-state index is 4.36. The molecular formula is C21H32N4. The van der Waals surface area contributed by atoms with E-state index >= 15 is 0 Å². The fourth-order valence-corrected chi connectivity index (χ4v) is 3.75. The van der Waals surface area contributed by atoms with Gasteiger partial charge in [0.25, 0.3) is 0 Å². The fourth-order valence-electron chi connectivity index (χ4n) is 3.75. The van der Waals surface area contributed by atoms with Crippen molar-refractivity contribution in [1.29, 1.82) is 0 Å². The zero-order valence-electron chi connectivity index (χ0n) is 15.6. The summed E-state index contributed by atoms with van der Waals surface area (Å²) in [6, 6.07) is 14.0. The number of rotatable bonds is 9. The number of nitrogens with one attached hydrogen (secondary N) is 1. The van der Waals surface area contributed by atoms with Crippen molar-refractivity contribution < 1.29 is 0 Å². The van der Waals surface area contributed by atoms with Gasteiger partial charge in [0.15, 0.2) is 0 Å². The van der Waals surface area contributed by atoms with E-state index in [1.54, 1.807) is 0 Å². The van der Waals surface area contributed by atoms with Crippen LogP contribution in [-0.2, 0) is 13.0 Å². The summed E-state index contributed by atoms with van der Waals surface area (Å²) < 4.78 is 2.04. The molecule has 25 heavy (non-hydrogen) atoms. The van der Waals surface area contributed by atoms with Gasteiger partial charge in [-0.1, -0.05) is 44.2 Å². The molecule has 1 aliphatic rings. The highest BCUT2D eigenvalue weighted by molar-refractivity contribution is 5.15. The Hall–Kier alpha value is -1.65. The van der Waals surface area contributed by atoms with Crippen molar-refractivity contribution >= 4 is 0 Å². The van der Waals surface area contributed by atoms with Crippen molar-refractivity contribution in [3.05, 3.63) is 54.4 Å². The van der Waals surface area contributed by atoms with Gasteiger partial charge in [-0.05, 0) is 43.4 Å². The summed E-state index contributed by atoms with van der Waals surface area (Å²) in [6.07, 6.45) is 7.71. The Labute approximate surface area is 152 Å². The number of hydrogen-bond donors (Lipinski definition) is 1. The van der Waals surface area contributed by atoms with Crippen molar-refractivity contribution in [3.8, 4) is 0 Å². The van der Waals surface area contributed by atoms with E-state index in [9.17, 15) is 0 Å². The van der Waals surface area contributed by atoms with Gasteiger partial charge in [-0.25, -0.2) is 0 Å². The predicted octanol–water partition coefficient (Wildman–Crippen LogP) is 3.20. The second kappa shape index (κ2) is 9.16. The van der Waals surface area contributed by atoms with Crippen molar-refractivity contribution in [2.75, 3.05) is 19.6 Å². The summed E-state index contributed by atoms with van der Waals surface area (Å²) in [4.78, 5) is 2.67. The zero-order valence-corrected chi connectivity index (χ0v) is 15.6. The van der Waals surface area contributed by atoms with Crippen LogP contribution in [0.2, 0.25) is 0 Å². The van der Waals surface area contributed by atoms with E-state index < -0.39 is 0 Å². The number of aromatic nitrogens is 2. The van der Waals surface area contributed by atoms with Crippen LogP contribution in [0.15, 0.2) is 48.8 Å². The Morgan fingerprint density at radius 1 is 1.20 bits per heavy atom. The van der Waals surface area contributed by atoms with E-state index in [1.165, 1.54) is 31.5 Å². The maximum atomic E-state index is 4.36. The molecule has 0 unspecified atom stereocenters. The third-order valence-electron chi connectivity index (χ3n) is 5.39. The quantitative estimate of drug-likeness (QED) is 0.761. The van der Waals surface area contributed by atoms with E-state index in [0.717, 1.165) is 19.5 Å². The number of benzene rings is 1. The molecule has 1 aromatic heterocycles. The molecule has 0 spiro atoms. The third-order valence-corrected chi connectivity index (χ3v) is 5.39. The minimum atomic E-state index is 0.469. The highest BCUT2D eigenvalue weighted by atomic mass is 15.3. The first-order valence-corrected chi connectivity index (χ1v) is 9.71. The van der Waals surface area contributed by atoms with Gasteiger partial charge in [-0.2, -0.15) is 5.10 Å². The molecule has 0 saturated carbocycles. The van der Waals surface area contributed by atoms with E-state index in [0.29, 0.717) is 18.0 Å². The molecule has 0 radical (unpaired) electrons. The van der Waals surface area contributed by atoms with Crippen molar-refractivity contribution in [1.82, 2.24) is 20.0 Å². The van der Waals surface area contributed by atoms with Crippen LogP contribution in [0.5, 0.6) is 0 Å². The third kappa shape index (κ3) is 5.41. The molecule has 1 aromatic carbocycles. The van der Waals surface area contributed by atoms with Crippen LogP contribution in [0.1, 0.15) is 32.3 Å². The van der Waals surface area contributed by atoms with Gasteiger partial charge in [0.1, 0.15) is 0 Å². The molecule has 1 saturated heterocycles. The number of hydrogen-bond acceptors (Lipinski definition) is 3. The molecule has 0 amide bonds. The summed E-state index contributed by atoms with van der Waals surface area (Å²) in [5, 5.41) is 8.19. The van der Waals surface area contributed by atoms with Crippen LogP contribution < -0.4 is 5.32 Å². The molecule has 2 heterocycles. The lowest BCUT2D eigenvalue weighted by atomic mass is 10.0. The van der Waals surface area contributed by atoms with Crippen molar-refractivity contribution in [3.63, 3.8) is 0 Å². The normalized spacial score (nSPS) is 19.6. The van der Waals surface area contributed by atoms with E-state index in [4.69, 9.17) is 0 Å². The minimum Gasteiger partial charge on any atom is -0.310 e. The van der Waals surface area contributed by atoms with E-state index in [2.05, 4.69) is 65.7 Å². The lowest BCUT2D eigenvalue weighted by Crippen LogP contribution is -2.45. The van der Waals surface area contributed by atoms with Gasteiger partial charge in [0.2, 0.25) is 0 Å². The monoisotopic (exact) mass is 340 g/mol. The smallest absolute Gasteiger partial charge is 0.0565 e. The molecule has 1 N–H and O–H groups in total. The summed E-state index contributed by atoms with van der Waals surface area (Å²) in [5.41, 5.74) is 1.44. The van der Waals surface area contributed by atoms with Gasteiger partial charge in [0, 0.05) is 37.6 Å². The first-order chi connectivity index (χ1) is 12.2. The lowest BCUT2D eigenvalue weighted by Gasteiger charge is -2.29. The SMILES string of the molecule is CC(C)[C@H](Cn1cccn1)NC[C@@H]1CCCN1CCc1ccccc1. The van der Waals surface area contributed by atoms with Crippen LogP contribution in [0.4, 0.5) is 0 Å².